The van der Waals surface area contributed by atoms with E-state index in [0.717, 1.165) is 18.4 Å². The highest BCUT2D eigenvalue weighted by atomic mass is 16.4. The van der Waals surface area contributed by atoms with Gasteiger partial charge in [-0.1, -0.05) is 30.3 Å². The maximum absolute atomic E-state index is 12.7. The molecule has 3 rings (SSSR count). The quantitative estimate of drug-likeness (QED) is 0.868. The minimum atomic E-state index is -1.02. The number of carbonyl (C=O) groups excluding carboxylic acids is 1. The number of benzene rings is 1. The summed E-state index contributed by atoms with van der Waals surface area (Å²) in [7, 11) is 1.64. The number of carboxylic acids is 1. The molecule has 1 aromatic heterocycles. The molecular formula is C16H15NO3. The standard InChI is InChI=1S/C16H15NO3/c1-17-10-11(9-13(17)15(19)20)14(18)16(7-8-16)12-5-3-2-4-6-12/h2-6,9-10H,7-8H2,1H3,(H,19,20). The van der Waals surface area contributed by atoms with Crippen molar-refractivity contribution in [2.24, 2.45) is 7.05 Å². The van der Waals surface area contributed by atoms with E-state index in [1.165, 1.54) is 10.6 Å². The van der Waals surface area contributed by atoms with Gasteiger partial charge in [0.25, 0.3) is 0 Å². The number of nitrogens with zero attached hydrogens (tertiary/aromatic N) is 1. The normalized spacial score (nSPS) is 15.8. The van der Waals surface area contributed by atoms with Gasteiger partial charge in [0.15, 0.2) is 5.78 Å². The van der Waals surface area contributed by atoms with Crippen LogP contribution in [0.2, 0.25) is 0 Å². The summed E-state index contributed by atoms with van der Waals surface area (Å²) < 4.78 is 1.48. The Hall–Kier alpha value is -2.36. The number of aromatic nitrogens is 1. The summed E-state index contributed by atoms with van der Waals surface area (Å²) in [6.45, 7) is 0. The molecule has 1 aliphatic rings. The van der Waals surface area contributed by atoms with E-state index in [4.69, 9.17) is 5.11 Å². The summed E-state index contributed by atoms with van der Waals surface area (Å²) in [4.78, 5) is 23.8. The van der Waals surface area contributed by atoms with Gasteiger partial charge in [-0.3, -0.25) is 4.79 Å². The van der Waals surface area contributed by atoms with E-state index >= 15 is 0 Å². The average Bonchev–Trinajstić information content (AvgIpc) is 3.16. The van der Waals surface area contributed by atoms with Crippen molar-refractivity contribution in [1.29, 1.82) is 0 Å². The van der Waals surface area contributed by atoms with Crippen LogP contribution in [-0.4, -0.2) is 21.4 Å². The molecule has 1 fully saturated rings. The molecule has 0 aliphatic heterocycles. The van der Waals surface area contributed by atoms with Crippen LogP contribution in [0.4, 0.5) is 0 Å². The third-order valence-corrected chi connectivity index (χ3v) is 4.00. The van der Waals surface area contributed by atoms with Gasteiger partial charge >= 0.3 is 5.97 Å². The minimum Gasteiger partial charge on any atom is -0.477 e. The van der Waals surface area contributed by atoms with Crippen LogP contribution in [0.5, 0.6) is 0 Å². The summed E-state index contributed by atoms with van der Waals surface area (Å²) in [6, 6.07) is 11.2. The lowest BCUT2D eigenvalue weighted by molar-refractivity contribution is 0.0686. The highest BCUT2D eigenvalue weighted by molar-refractivity contribution is 6.07. The zero-order chi connectivity index (χ0) is 14.3. The van der Waals surface area contributed by atoms with Gasteiger partial charge in [0.05, 0.1) is 5.41 Å². The van der Waals surface area contributed by atoms with Crippen LogP contribution in [0.25, 0.3) is 0 Å². The van der Waals surface area contributed by atoms with Gasteiger partial charge in [0.2, 0.25) is 0 Å². The molecule has 1 heterocycles. The first kappa shape index (κ1) is 12.7. The zero-order valence-corrected chi connectivity index (χ0v) is 11.2. The molecule has 0 saturated heterocycles. The molecule has 0 amide bonds. The Morgan fingerprint density at radius 1 is 1.20 bits per heavy atom. The molecule has 102 valence electrons. The van der Waals surface area contributed by atoms with Crippen molar-refractivity contribution in [2.45, 2.75) is 18.3 Å². The van der Waals surface area contributed by atoms with Crippen LogP contribution in [-0.2, 0) is 12.5 Å². The van der Waals surface area contributed by atoms with Crippen LogP contribution in [0.15, 0.2) is 42.6 Å². The molecule has 0 unspecified atom stereocenters. The van der Waals surface area contributed by atoms with E-state index in [2.05, 4.69) is 0 Å². The fourth-order valence-corrected chi connectivity index (χ4v) is 2.71. The molecule has 4 nitrogen and oxygen atoms in total. The molecule has 1 aliphatic carbocycles. The van der Waals surface area contributed by atoms with Gasteiger partial charge in [0.1, 0.15) is 5.69 Å². The van der Waals surface area contributed by atoms with E-state index in [1.807, 2.05) is 30.3 Å². The van der Waals surface area contributed by atoms with E-state index in [-0.39, 0.29) is 11.5 Å². The SMILES string of the molecule is Cn1cc(C(=O)C2(c3ccccc3)CC2)cc1C(=O)O. The van der Waals surface area contributed by atoms with Gasteiger partial charge in [-0.15, -0.1) is 0 Å². The molecule has 0 radical (unpaired) electrons. The number of hydrogen-bond donors (Lipinski definition) is 1. The minimum absolute atomic E-state index is 0.0202. The summed E-state index contributed by atoms with van der Waals surface area (Å²) in [5.41, 5.74) is 1.19. The second-order valence-electron chi connectivity index (χ2n) is 5.31. The number of rotatable bonds is 4. The van der Waals surface area contributed by atoms with Crippen molar-refractivity contribution < 1.29 is 14.7 Å². The van der Waals surface area contributed by atoms with Crippen LogP contribution in [0.3, 0.4) is 0 Å². The average molecular weight is 269 g/mol. The third kappa shape index (κ3) is 1.84. The number of aromatic carboxylic acids is 1. The molecule has 1 N–H and O–H groups in total. The fourth-order valence-electron chi connectivity index (χ4n) is 2.71. The molecule has 4 heteroatoms. The third-order valence-electron chi connectivity index (χ3n) is 4.00. The topological polar surface area (TPSA) is 59.3 Å². The van der Waals surface area contributed by atoms with E-state index in [9.17, 15) is 9.59 Å². The second-order valence-corrected chi connectivity index (χ2v) is 5.31. The number of carbonyl (C=O) groups is 2. The van der Waals surface area contributed by atoms with Crippen molar-refractivity contribution in [3.8, 4) is 0 Å². The summed E-state index contributed by atoms with van der Waals surface area (Å²) in [6.07, 6.45) is 3.26. The lowest BCUT2D eigenvalue weighted by atomic mass is 9.88. The first-order chi connectivity index (χ1) is 9.54. The maximum atomic E-state index is 12.7. The molecular weight excluding hydrogens is 254 g/mol. The maximum Gasteiger partial charge on any atom is 0.352 e. The fraction of sp³-hybridized carbons (Fsp3) is 0.250. The zero-order valence-electron chi connectivity index (χ0n) is 11.2. The summed E-state index contributed by atoms with van der Waals surface area (Å²) in [5.74, 6) is -0.997. The van der Waals surface area contributed by atoms with Crippen LogP contribution in [0.1, 0.15) is 39.3 Å². The molecule has 1 saturated carbocycles. The Morgan fingerprint density at radius 3 is 2.35 bits per heavy atom. The molecule has 2 aromatic rings. The monoisotopic (exact) mass is 269 g/mol. The number of carboxylic acid groups (broad SMARTS) is 1. The first-order valence-corrected chi connectivity index (χ1v) is 6.54. The van der Waals surface area contributed by atoms with Crippen molar-refractivity contribution in [3.05, 3.63) is 59.4 Å². The van der Waals surface area contributed by atoms with Crippen LogP contribution >= 0.6 is 0 Å². The Labute approximate surface area is 116 Å². The van der Waals surface area contributed by atoms with Gasteiger partial charge < -0.3 is 9.67 Å². The molecule has 1 aromatic carbocycles. The number of Topliss-reactive ketones (excluding diaryl/α,β-unsaturated/α-hetero) is 1. The highest BCUT2D eigenvalue weighted by Crippen LogP contribution is 2.50. The predicted molar refractivity (Wildman–Crippen MR) is 74.1 cm³/mol. The molecule has 0 spiro atoms. The number of ketones is 1. The van der Waals surface area contributed by atoms with E-state index in [0.29, 0.717) is 5.56 Å². The summed E-state index contributed by atoms with van der Waals surface area (Å²) >= 11 is 0. The van der Waals surface area contributed by atoms with E-state index in [1.54, 1.807) is 13.2 Å². The Kier molecular flexibility index (Phi) is 2.74. The van der Waals surface area contributed by atoms with Gasteiger partial charge in [-0.05, 0) is 24.5 Å². The van der Waals surface area contributed by atoms with E-state index < -0.39 is 11.4 Å². The van der Waals surface area contributed by atoms with Gasteiger partial charge in [-0.25, -0.2) is 4.79 Å². The Bertz CT molecular complexity index is 681. The lowest BCUT2D eigenvalue weighted by Gasteiger charge is -2.13. The number of aryl methyl sites for hydroxylation is 1. The molecule has 0 bridgehead atoms. The van der Waals surface area contributed by atoms with Crippen LogP contribution < -0.4 is 0 Å². The molecule has 20 heavy (non-hydrogen) atoms. The van der Waals surface area contributed by atoms with Crippen molar-refractivity contribution in [1.82, 2.24) is 4.57 Å². The lowest BCUT2D eigenvalue weighted by Crippen LogP contribution is -2.20. The Balaban J connectivity index is 1.98. The number of hydrogen-bond acceptors (Lipinski definition) is 2. The smallest absolute Gasteiger partial charge is 0.352 e. The first-order valence-electron chi connectivity index (χ1n) is 6.54. The predicted octanol–water partition coefficient (Wildman–Crippen LogP) is 2.64. The summed E-state index contributed by atoms with van der Waals surface area (Å²) in [5, 5.41) is 9.06. The molecule has 0 atom stereocenters. The van der Waals surface area contributed by atoms with Crippen molar-refractivity contribution >= 4 is 11.8 Å². The van der Waals surface area contributed by atoms with Crippen LogP contribution in [0, 0.1) is 0 Å². The second kappa shape index (κ2) is 4.34. The van der Waals surface area contributed by atoms with Gasteiger partial charge in [0, 0.05) is 18.8 Å². The largest absolute Gasteiger partial charge is 0.477 e. The highest BCUT2D eigenvalue weighted by Gasteiger charge is 2.51. The van der Waals surface area contributed by atoms with Gasteiger partial charge in [-0.2, -0.15) is 0 Å². The van der Waals surface area contributed by atoms with Crippen molar-refractivity contribution in [3.63, 3.8) is 0 Å². The van der Waals surface area contributed by atoms with Crippen molar-refractivity contribution in [2.75, 3.05) is 0 Å². The Morgan fingerprint density at radius 2 is 1.85 bits per heavy atom.